The van der Waals surface area contributed by atoms with Gasteiger partial charge >= 0.3 is 0 Å². The lowest BCUT2D eigenvalue weighted by Gasteiger charge is -2.00. The molecule has 0 amide bonds. The van der Waals surface area contributed by atoms with Gasteiger partial charge in [-0.1, -0.05) is 18.2 Å². The highest BCUT2D eigenvalue weighted by Crippen LogP contribution is 2.26. The van der Waals surface area contributed by atoms with Crippen LogP contribution in [0.2, 0.25) is 0 Å². The first-order valence-electron chi connectivity index (χ1n) is 4.56. The number of hydrogen-bond donors (Lipinski definition) is 2. The maximum absolute atomic E-state index is 10.7. The number of anilines is 1. The van der Waals surface area contributed by atoms with E-state index in [9.17, 15) is 10.1 Å². The van der Waals surface area contributed by atoms with Gasteiger partial charge in [0, 0.05) is 0 Å². The molecule has 4 N–H and O–H groups in total. The van der Waals surface area contributed by atoms with Crippen LogP contribution in [-0.2, 0) is 0 Å². The molecule has 0 aromatic heterocycles. The Morgan fingerprint density at radius 1 is 1.47 bits per heavy atom. The molecule has 0 radical (unpaired) electrons. The number of nitrogen functional groups attached to an aromatic ring is 1. The van der Waals surface area contributed by atoms with Crippen molar-refractivity contribution in [1.29, 1.82) is 0 Å². The predicted molar refractivity (Wildman–Crippen MR) is 60.2 cm³/mol. The average molecular weight is 207 g/mol. The first-order valence-corrected chi connectivity index (χ1v) is 4.56. The molecule has 5 heteroatoms. The summed E-state index contributed by atoms with van der Waals surface area (Å²) in [6.07, 6.45) is 4.15. The van der Waals surface area contributed by atoms with E-state index in [0.29, 0.717) is 18.5 Å². The van der Waals surface area contributed by atoms with Crippen molar-refractivity contribution >= 4 is 17.5 Å². The standard InChI is InChI=1S/C10H13N3O2/c11-7-2-1-4-8-5-3-6-9(12)10(8)13(14)15/h1,3-6H,2,7,11-12H2. The van der Waals surface area contributed by atoms with Crippen molar-refractivity contribution in [3.63, 3.8) is 0 Å². The minimum atomic E-state index is -0.475. The molecule has 80 valence electrons. The SMILES string of the molecule is NCCC=Cc1cccc(N)c1[N+](=O)[O-]. The van der Waals surface area contributed by atoms with Crippen molar-refractivity contribution in [2.45, 2.75) is 6.42 Å². The van der Waals surface area contributed by atoms with Gasteiger partial charge in [0.1, 0.15) is 5.69 Å². The summed E-state index contributed by atoms with van der Waals surface area (Å²) in [5.74, 6) is 0. The van der Waals surface area contributed by atoms with Crippen LogP contribution in [-0.4, -0.2) is 11.5 Å². The van der Waals surface area contributed by atoms with Gasteiger partial charge in [0.05, 0.1) is 10.5 Å². The van der Waals surface area contributed by atoms with Crippen LogP contribution >= 0.6 is 0 Å². The van der Waals surface area contributed by atoms with Crippen molar-refractivity contribution < 1.29 is 4.92 Å². The molecule has 15 heavy (non-hydrogen) atoms. The van der Waals surface area contributed by atoms with Crippen LogP contribution in [0.4, 0.5) is 11.4 Å². The molecule has 0 aliphatic carbocycles. The van der Waals surface area contributed by atoms with Crippen LogP contribution in [0, 0.1) is 10.1 Å². The molecule has 0 heterocycles. The molecule has 0 unspecified atom stereocenters. The first kappa shape index (κ1) is 11.2. The second-order valence-electron chi connectivity index (χ2n) is 3.02. The first-order chi connectivity index (χ1) is 7.16. The van der Waals surface area contributed by atoms with E-state index in [1.54, 1.807) is 24.3 Å². The molecule has 0 aliphatic heterocycles. The number of nitrogens with zero attached hydrogens (tertiary/aromatic N) is 1. The number of nitrogens with two attached hydrogens (primary N) is 2. The lowest BCUT2D eigenvalue weighted by Crippen LogP contribution is -1.98. The summed E-state index contributed by atoms with van der Waals surface area (Å²) < 4.78 is 0. The number of benzene rings is 1. The smallest absolute Gasteiger partial charge is 0.299 e. The lowest BCUT2D eigenvalue weighted by atomic mass is 10.1. The van der Waals surface area contributed by atoms with Crippen LogP contribution < -0.4 is 11.5 Å². The number of hydrogen-bond acceptors (Lipinski definition) is 4. The van der Waals surface area contributed by atoms with Gasteiger partial charge in [0.15, 0.2) is 0 Å². The fraction of sp³-hybridized carbons (Fsp3) is 0.200. The highest BCUT2D eigenvalue weighted by Gasteiger charge is 2.14. The Balaban J connectivity index is 3.06. The Morgan fingerprint density at radius 3 is 2.80 bits per heavy atom. The molecule has 1 aromatic rings. The summed E-state index contributed by atoms with van der Waals surface area (Å²) >= 11 is 0. The molecule has 0 saturated carbocycles. The number of rotatable bonds is 4. The second-order valence-corrected chi connectivity index (χ2v) is 3.02. The van der Waals surface area contributed by atoms with Crippen molar-refractivity contribution in [3.05, 3.63) is 40.0 Å². The lowest BCUT2D eigenvalue weighted by molar-refractivity contribution is -0.384. The van der Waals surface area contributed by atoms with Crippen LogP contribution in [0.3, 0.4) is 0 Å². The van der Waals surface area contributed by atoms with Gasteiger partial charge in [-0.2, -0.15) is 0 Å². The Morgan fingerprint density at radius 2 is 2.20 bits per heavy atom. The molecule has 0 fully saturated rings. The van der Waals surface area contributed by atoms with E-state index in [0.717, 1.165) is 0 Å². The predicted octanol–water partition coefficient (Wildman–Crippen LogP) is 1.54. The molecule has 0 bridgehead atoms. The maximum atomic E-state index is 10.7. The Labute approximate surface area is 87.5 Å². The fourth-order valence-corrected chi connectivity index (χ4v) is 1.23. The number of para-hydroxylation sites is 1. The third kappa shape index (κ3) is 2.78. The topological polar surface area (TPSA) is 95.2 Å². The van der Waals surface area contributed by atoms with E-state index in [2.05, 4.69) is 0 Å². The van der Waals surface area contributed by atoms with Crippen molar-refractivity contribution in [3.8, 4) is 0 Å². The summed E-state index contributed by atoms with van der Waals surface area (Å²) in [4.78, 5) is 10.3. The van der Waals surface area contributed by atoms with Gasteiger partial charge in [-0.3, -0.25) is 10.1 Å². The zero-order chi connectivity index (χ0) is 11.3. The van der Waals surface area contributed by atoms with Gasteiger partial charge in [-0.25, -0.2) is 0 Å². The molecular weight excluding hydrogens is 194 g/mol. The van der Waals surface area contributed by atoms with E-state index in [1.807, 2.05) is 0 Å². The monoisotopic (exact) mass is 207 g/mol. The minimum absolute atomic E-state index is 0.0502. The van der Waals surface area contributed by atoms with Crippen LogP contribution in [0.5, 0.6) is 0 Å². The van der Waals surface area contributed by atoms with E-state index >= 15 is 0 Å². The maximum Gasteiger partial charge on any atom is 0.299 e. The summed E-state index contributed by atoms with van der Waals surface area (Å²) in [6.45, 7) is 0.520. The highest BCUT2D eigenvalue weighted by molar-refractivity contribution is 5.71. The van der Waals surface area contributed by atoms with E-state index in [1.165, 1.54) is 6.07 Å². The van der Waals surface area contributed by atoms with Crippen molar-refractivity contribution in [1.82, 2.24) is 0 Å². The zero-order valence-electron chi connectivity index (χ0n) is 8.22. The normalized spacial score (nSPS) is 10.7. The van der Waals surface area contributed by atoms with Gasteiger partial charge in [-0.05, 0) is 25.1 Å². The molecule has 0 saturated heterocycles. The third-order valence-corrected chi connectivity index (χ3v) is 1.91. The van der Waals surface area contributed by atoms with E-state index in [-0.39, 0.29) is 11.4 Å². The Bertz CT molecular complexity index is 388. The molecule has 1 aromatic carbocycles. The van der Waals surface area contributed by atoms with E-state index in [4.69, 9.17) is 11.5 Å². The highest BCUT2D eigenvalue weighted by atomic mass is 16.6. The Hall–Kier alpha value is -1.88. The van der Waals surface area contributed by atoms with Gasteiger partial charge in [-0.15, -0.1) is 0 Å². The quantitative estimate of drug-likeness (QED) is 0.444. The minimum Gasteiger partial charge on any atom is -0.393 e. The second kappa shape index (κ2) is 5.11. The fourth-order valence-electron chi connectivity index (χ4n) is 1.23. The largest absolute Gasteiger partial charge is 0.393 e. The van der Waals surface area contributed by atoms with Crippen molar-refractivity contribution in [2.75, 3.05) is 12.3 Å². The summed E-state index contributed by atoms with van der Waals surface area (Å²) in [5, 5.41) is 10.7. The molecule has 1 rings (SSSR count). The van der Waals surface area contributed by atoms with Crippen LogP contribution in [0.15, 0.2) is 24.3 Å². The number of nitro groups is 1. The van der Waals surface area contributed by atoms with Gasteiger partial charge in [0.2, 0.25) is 0 Å². The molecule has 0 spiro atoms. The van der Waals surface area contributed by atoms with E-state index < -0.39 is 4.92 Å². The summed E-state index contributed by atoms with van der Waals surface area (Å²) in [5.41, 5.74) is 11.5. The van der Waals surface area contributed by atoms with Gasteiger partial charge < -0.3 is 11.5 Å². The zero-order valence-corrected chi connectivity index (χ0v) is 8.22. The number of nitro benzene ring substituents is 1. The van der Waals surface area contributed by atoms with Crippen molar-refractivity contribution in [2.24, 2.45) is 5.73 Å². The molecule has 5 nitrogen and oxygen atoms in total. The van der Waals surface area contributed by atoms with Gasteiger partial charge in [0.25, 0.3) is 5.69 Å². The molecule has 0 aliphatic rings. The average Bonchev–Trinajstić information content (AvgIpc) is 2.17. The molecule has 0 atom stereocenters. The summed E-state index contributed by atoms with van der Waals surface area (Å²) in [6, 6.07) is 4.85. The third-order valence-electron chi connectivity index (χ3n) is 1.91. The van der Waals surface area contributed by atoms with Crippen LogP contribution in [0.1, 0.15) is 12.0 Å². The Kier molecular flexibility index (Phi) is 3.82. The summed E-state index contributed by atoms with van der Waals surface area (Å²) in [7, 11) is 0. The molecular formula is C10H13N3O2. The van der Waals surface area contributed by atoms with Crippen LogP contribution in [0.25, 0.3) is 6.08 Å².